The van der Waals surface area contributed by atoms with Crippen molar-refractivity contribution in [3.8, 4) is 0 Å². The van der Waals surface area contributed by atoms with Crippen LogP contribution in [0.5, 0.6) is 0 Å². The number of hydrogen-bond donors (Lipinski definition) is 2. The number of amides is 1. The first-order chi connectivity index (χ1) is 13.8. The molecule has 3 rings (SSSR count). The maximum absolute atomic E-state index is 12.4. The number of para-hydroxylation sites is 1. The minimum atomic E-state index is -3.28. The minimum Gasteiger partial charge on any atom is -0.326 e. The van der Waals surface area contributed by atoms with Crippen LogP contribution < -0.4 is 16.6 Å². The van der Waals surface area contributed by atoms with Crippen LogP contribution in [-0.2, 0) is 21.2 Å². The third kappa shape index (κ3) is 5.00. The SMILES string of the molecule is CS(=O)(=O)c1ccc(NC(=O)CCCCn2c(=O)[nH]c3ccccc3c2=O)cc1. The van der Waals surface area contributed by atoms with Gasteiger partial charge in [-0.15, -0.1) is 0 Å². The molecule has 1 heterocycles. The van der Waals surface area contributed by atoms with E-state index < -0.39 is 15.5 Å². The van der Waals surface area contributed by atoms with Crippen molar-refractivity contribution in [2.75, 3.05) is 11.6 Å². The van der Waals surface area contributed by atoms with Gasteiger partial charge >= 0.3 is 5.69 Å². The van der Waals surface area contributed by atoms with Crippen molar-refractivity contribution in [1.29, 1.82) is 0 Å². The normalized spacial score (nSPS) is 11.5. The smallest absolute Gasteiger partial charge is 0.326 e. The van der Waals surface area contributed by atoms with Gasteiger partial charge in [-0.1, -0.05) is 12.1 Å². The van der Waals surface area contributed by atoms with Crippen molar-refractivity contribution in [1.82, 2.24) is 9.55 Å². The van der Waals surface area contributed by atoms with Gasteiger partial charge in [0.2, 0.25) is 5.91 Å². The summed E-state index contributed by atoms with van der Waals surface area (Å²) < 4.78 is 24.0. The zero-order valence-corrected chi connectivity index (χ0v) is 16.7. The van der Waals surface area contributed by atoms with Crippen LogP contribution in [-0.4, -0.2) is 30.1 Å². The predicted molar refractivity (Wildman–Crippen MR) is 111 cm³/mol. The van der Waals surface area contributed by atoms with E-state index in [9.17, 15) is 22.8 Å². The number of H-pyrrole nitrogens is 1. The Morgan fingerprint density at radius 1 is 1.03 bits per heavy atom. The first-order valence-electron chi connectivity index (χ1n) is 9.07. The number of unbranched alkanes of at least 4 members (excludes halogenated alkanes) is 1. The van der Waals surface area contributed by atoms with Gasteiger partial charge in [-0.25, -0.2) is 13.2 Å². The Morgan fingerprint density at radius 3 is 2.41 bits per heavy atom. The largest absolute Gasteiger partial charge is 0.328 e. The molecule has 2 aromatic carbocycles. The van der Waals surface area contributed by atoms with Gasteiger partial charge in [0.1, 0.15) is 0 Å². The summed E-state index contributed by atoms with van der Waals surface area (Å²) in [6.07, 6.45) is 2.31. The average molecular weight is 415 g/mol. The summed E-state index contributed by atoms with van der Waals surface area (Å²) in [7, 11) is -3.28. The molecule has 0 saturated carbocycles. The molecule has 0 spiro atoms. The second-order valence-corrected chi connectivity index (χ2v) is 8.75. The number of benzene rings is 2. The topological polar surface area (TPSA) is 118 Å². The van der Waals surface area contributed by atoms with Crippen LogP contribution in [0.2, 0.25) is 0 Å². The number of rotatable bonds is 7. The van der Waals surface area contributed by atoms with E-state index in [-0.39, 0.29) is 29.3 Å². The van der Waals surface area contributed by atoms with E-state index in [2.05, 4.69) is 10.3 Å². The molecule has 0 bridgehead atoms. The van der Waals surface area contributed by atoms with Gasteiger partial charge in [0.25, 0.3) is 5.56 Å². The molecule has 3 aromatic rings. The molecule has 1 amide bonds. The highest BCUT2D eigenvalue weighted by Crippen LogP contribution is 2.14. The number of hydrogen-bond acceptors (Lipinski definition) is 5. The summed E-state index contributed by atoms with van der Waals surface area (Å²) in [6, 6.07) is 12.7. The van der Waals surface area contributed by atoms with Crippen LogP contribution in [0.15, 0.2) is 63.0 Å². The fourth-order valence-electron chi connectivity index (χ4n) is 2.97. The van der Waals surface area contributed by atoms with E-state index in [1.54, 1.807) is 24.3 Å². The highest BCUT2D eigenvalue weighted by Gasteiger charge is 2.09. The number of fused-ring (bicyclic) bond motifs is 1. The summed E-state index contributed by atoms with van der Waals surface area (Å²) >= 11 is 0. The predicted octanol–water partition coefficient (Wildman–Crippen LogP) is 1.90. The number of anilines is 1. The number of nitrogens with one attached hydrogen (secondary N) is 2. The molecule has 0 saturated heterocycles. The zero-order valence-electron chi connectivity index (χ0n) is 15.8. The third-order valence-electron chi connectivity index (χ3n) is 4.49. The summed E-state index contributed by atoms with van der Waals surface area (Å²) in [5.74, 6) is -0.225. The van der Waals surface area contributed by atoms with Crippen LogP contribution in [0.3, 0.4) is 0 Å². The summed E-state index contributed by atoms with van der Waals surface area (Å²) in [5.41, 5.74) is 0.188. The van der Waals surface area contributed by atoms with E-state index in [4.69, 9.17) is 0 Å². The zero-order chi connectivity index (χ0) is 21.0. The Morgan fingerprint density at radius 2 is 1.72 bits per heavy atom. The molecule has 8 nitrogen and oxygen atoms in total. The molecule has 152 valence electrons. The lowest BCUT2D eigenvalue weighted by molar-refractivity contribution is -0.116. The van der Waals surface area contributed by atoms with Gasteiger partial charge in [-0.05, 0) is 49.2 Å². The first-order valence-corrected chi connectivity index (χ1v) is 11.0. The second kappa shape index (κ2) is 8.44. The fourth-order valence-corrected chi connectivity index (χ4v) is 3.60. The lowest BCUT2D eigenvalue weighted by atomic mass is 10.2. The number of aromatic nitrogens is 2. The van der Waals surface area contributed by atoms with E-state index >= 15 is 0 Å². The van der Waals surface area contributed by atoms with Crippen molar-refractivity contribution in [2.45, 2.75) is 30.7 Å². The van der Waals surface area contributed by atoms with Gasteiger partial charge in [0.05, 0.1) is 15.8 Å². The van der Waals surface area contributed by atoms with Crippen molar-refractivity contribution in [3.63, 3.8) is 0 Å². The molecule has 0 atom stereocenters. The molecular weight excluding hydrogens is 394 g/mol. The van der Waals surface area contributed by atoms with Crippen LogP contribution in [0.4, 0.5) is 5.69 Å². The van der Waals surface area contributed by atoms with Gasteiger partial charge < -0.3 is 10.3 Å². The van der Waals surface area contributed by atoms with Gasteiger partial charge in [0, 0.05) is 24.9 Å². The van der Waals surface area contributed by atoms with E-state index in [1.807, 2.05) is 0 Å². The van der Waals surface area contributed by atoms with Crippen LogP contribution in [0.1, 0.15) is 19.3 Å². The lowest BCUT2D eigenvalue weighted by Crippen LogP contribution is -2.35. The quantitative estimate of drug-likeness (QED) is 0.572. The molecule has 1 aromatic heterocycles. The summed E-state index contributed by atoms with van der Waals surface area (Å²) in [5, 5.41) is 3.14. The maximum Gasteiger partial charge on any atom is 0.328 e. The minimum absolute atomic E-state index is 0.182. The molecule has 0 fully saturated rings. The van der Waals surface area contributed by atoms with Gasteiger partial charge in [-0.3, -0.25) is 14.2 Å². The number of sulfone groups is 1. The Hall–Kier alpha value is -3.20. The van der Waals surface area contributed by atoms with Crippen LogP contribution >= 0.6 is 0 Å². The van der Waals surface area contributed by atoms with Gasteiger partial charge in [0.15, 0.2) is 9.84 Å². The summed E-state index contributed by atoms with van der Waals surface area (Å²) in [6.45, 7) is 0.218. The van der Waals surface area contributed by atoms with Gasteiger partial charge in [-0.2, -0.15) is 0 Å². The number of nitrogens with zero attached hydrogens (tertiary/aromatic N) is 1. The van der Waals surface area contributed by atoms with Crippen molar-refractivity contribution in [3.05, 3.63) is 69.4 Å². The highest BCUT2D eigenvalue weighted by molar-refractivity contribution is 7.90. The fraction of sp³-hybridized carbons (Fsp3) is 0.250. The molecule has 0 aliphatic heterocycles. The molecule has 0 aliphatic rings. The van der Waals surface area contributed by atoms with Crippen LogP contribution in [0.25, 0.3) is 10.9 Å². The number of aromatic amines is 1. The third-order valence-corrected chi connectivity index (χ3v) is 5.62. The molecule has 0 aliphatic carbocycles. The average Bonchev–Trinajstić information content (AvgIpc) is 2.67. The second-order valence-electron chi connectivity index (χ2n) is 6.73. The van der Waals surface area contributed by atoms with Crippen molar-refractivity contribution in [2.24, 2.45) is 0 Å². The molecule has 9 heteroatoms. The number of carbonyl (C=O) groups excluding carboxylic acids is 1. The van der Waals surface area contributed by atoms with E-state index in [1.165, 1.54) is 24.3 Å². The molecule has 0 unspecified atom stereocenters. The monoisotopic (exact) mass is 415 g/mol. The maximum atomic E-state index is 12.4. The Balaban J connectivity index is 1.54. The number of carbonyl (C=O) groups is 1. The van der Waals surface area contributed by atoms with E-state index in [0.29, 0.717) is 29.4 Å². The molecular formula is C20H21N3O5S. The molecule has 29 heavy (non-hydrogen) atoms. The Bertz CT molecular complexity index is 1260. The van der Waals surface area contributed by atoms with E-state index in [0.717, 1.165) is 10.8 Å². The first kappa shape index (κ1) is 20.5. The highest BCUT2D eigenvalue weighted by atomic mass is 32.2. The lowest BCUT2D eigenvalue weighted by Gasteiger charge is -2.08. The van der Waals surface area contributed by atoms with Crippen molar-refractivity contribution >= 4 is 32.3 Å². The summed E-state index contributed by atoms with van der Waals surface area (Å²) in [4.78, 5) is 39.5. The standard InChI is InChI=1S/C20H21N3O5S/c1-29(27,28)15-11-9-14(10-12-15)21-18(24)8-4-5-13-23-19(25)16-6-2-3-7-17(16)22-20(23)26/h2-3,6-7,9-12H,4-5,8,13H2,1H3,(H,21,24)(H,22,26). The molecule has 0 radical (unpaired) electrons. The van der Waals surface area contributed by atoms with Crippen molar-refractivity contribution < 1.29 is 13.2 Å². The Labute approximate surface area is 167 Å². The van der Waals surface area contributed by atoms with Crippen LogP contribution in [0, 0.1) is 0 Å². The molecule has 2 N–H and O–H groups in total. The Kier molecular flexibility index (Phi) is 5.97.